The number of benzene rings is 1. The van der Waals surface area contributed by atoms with Crippen molar-refractivity contribution >= 4 is 23.5 Å². The van der Waals surface area contributed by atoms with Crippen molar-refractivity contribution in [2.75, 3.05) is 0 Å². The van der Waals surface area contributed by atoms with Crippen LogP contribution < -0.4 is 5.32 Å². The van der Waals surface area contributed by atoms with Gasteiger partial charge >= 0.3 is 5.97 Å². The Kier molecular flexibility index (Phi) is 5.83. The molecule has 2 N–H and O–H groups in total. The topological polar surface area (TPSA) is 66.4 Å². The summed E-state index contributed by atoms with van der Waals surface area (Å²) >= 11 is 6.05. The van der Waals surface area contributed by atoms with Gasteiger partial charge in [-0.2, -0.15) is 0 Å². The second kappa shape index (κ2) is 7.14. The van der Waals surface area contributed by atoms with Crippen molar-refractivity contribution in [2.45, 2.75) is 32.7 Å². The largest absolute Gasteiger partial charge is 0.481 e. The van der Waals surface area contributed by atoms with Gasteiger partial charge in [0, 0.05) is 11.4 Å². The van der Waals surface area contributed by atoms with E-state index in [1.165, 1.54) is 0 Å². The number of carbonyl (C=O) groups excluding carboxylic acids is 1. The molecule has 0 unspecified atom stereocenters. The molecule has 0 saturated carbocycles. The van der Waals surface area contributed by atoms with Crippen LogP contribution in [0.2, 0.25) is 5.02 Å². The number of aliphatic carboxylic acids is 1. The van der Waals surface area contributed by atoms with E-state index in [2.05, 4.69) is 5.32 Å². The fourth-order valence-corrected chi connectivity index (χ4v) is 2.06. The molecule has 1 rings (SSSR count). The lowest BCUT2D eigenvalue weighted by molar-refractivity contribution is -0.137. The Morgan fingerprint density at radius 3 is 2.42 bits per heavy atom. The van der Waals surface area contributed by atoms with Crippen molar-refractivity contribution in [3.63, 3.8) is 0 Å². The van der Waals surface area contributed by atoms with Crippen molar-refractivity contribution in [3.8, 4) is 0 Å². The Balaban J connectivity index is 2.86. The van der Waals surface area contributed by atoms with E-state index in [4.69, 9.17) is 16.7 Å². The summed E-state index contributed by atoms with van der Waals surface area (Å²) in [5.74, 6) is -0.923. The van der Waals surface area contributed by atoms with Gasteiger partial charge < -0.3 is 10.4 Å². The number of hydrogen-bond acceptors (Lipinski definition) is 2. The van der Waals surface area contributed by atoms with Gasteiger partial charge in [-0.25, -0.2) is 0 Å². The molecule has 0 aliphatic heterocycles. The van der Waals surface area contributed by atoms with Crippen LogP contribution >= 0.6 is 11.6 Å². The average molecular weight is 284 g/mol. The third kappa shape index (κ3) is 5.30. The van der Waals surface area contributed by atoms with E-state index >= 15 is 0 Å². The number of nitrogens with one attached hydrogen (secondary N) is 1. The first-order valence-electron chi connectivity index (χ1n) is 6.15. The minimum atomic E-state index is -0.977. The number of carbonyl (C=O) groups is 2. The predicted octanol–water partition coefficient (Wildman–Crippen LogP) is 3.02. The van der Waals surface area contributed by atoms with Crippen LogP contribution in [-0.2, 0) is 9.59 Å². The fraction of sp³-hybridized carbons (Fsp3) is 0.429. The van der Waals surface area contributed by atoms with Gasteiger partial charge in [0.15, 0.2) is 0 Å². The molecule has 0 spiro atoms. The highest BCUT2D eigenvalue weighted by Gasteiger charge is 2.20. The second-order valence-corrected chi connectivity index (χ2v) is 5.24. The molecule has 0 heterocycles. The molecule has 19 heavy (non-hydrogen) atoms. The maximum Gasteiger partial charge on any atom is 0.305 e. The fourth-order valence-electron chi connectivity index (χ4n) is 1.80. The quantitative estimate of drug-likeness (QED) is 0.843. The Morgan fingerprint density at radius 1 is 1.26 bits per heavy atom. The molecular formula is C14H18ClNO3. The molecule has 5 heteroatoms. The first kappa shape index (κ1) is 15.5. The molecule has 1 aromatic carbocycles. The van der Waals surface area contributed by atoms with Gasteiger partial charge in [-0.15, -0.1) is 0 Å². The minimum absolute atomic E-state index is 0.166. The second-order valence-electron chi connectivity index (χ2n) is 4.84. The third-order valence-corrected chi connectivity index (χ3v) is 2.93. The first-order valence-corrected chi connectivity index (χ1v) is 6.53. The van der Waals surface area contributed by atoms with E-state index in [-0.39, 0.29) is 18.2 Å². The van der Waals surface area contributed by atoms with Gasteiger partial charge in [0.25, 0.3) is 0 Å². The molecule has 0 aliphatic rings. The summed E-state index contributed by atoms with van der Waals surface area (Å²) in [7, 11) is 0. The van der Waals surface area contributed by atoms with Crippen molar-refractivity contribution in [2.24, 2.45) is 5.92 Å². The molecule has 0 aromatic heterocycles. The lowest BCUT2D eigenvalue weighted by Gasteiger charge is -2.19. The predicted molar refractivity (Wildman–Crippen MR) is 74.0 cm³/mol. The smallest absolute Gasteiger partial charge is 0.305 e. The maximum atomic E-state index is 11.8. The number of hydrogen-bond donors (Lipinski definition) is 2. The van der Waals surface area contributed by atoms with E-state index < -0.39 is 12.0 Å². The zero-order chi connectivity index (χ0) is 14.4. The Labute approximate surface area is 117 Å². The zero-order valence-electron chi connectivity index (χ0n) is 11.0. The van der Waals surface area contributed by atoms with Gasteiger partial charge in [0.2, 0.25) is 5.91 Å². The summed E-state index contributed by atoms with van der Waals surface area (Å²) in [5, 5.41) is 12.1. The molecule has 0 saturated heterocycles. The number of carboxylic acid groups (broad SMARTS) is 1. The normalized spacial score (nSPS) is 12.2. The number of carboxylic acids is 1. The van der Waals surface area contributed by atoms with Crippen molar-refractivity contribution in [1.29, 1.82) is 0 Å². The van der Waals surface area contributed by atoms with Crippen LogP contribution in [0.5, 0.6) is 0 Å². The molecule has 1 atom stereocenters. The number of amides is 1. The highest BCUT2D eigenvalue weighted by Crippen LogP contribution is 2.25. The summed E-state index contributed by atoms with van der Waals surface area (Å²) in [6.07, 6.45) is 0.175. The van der Waals surface area contributed by atoms with Gasteiger partial charge in [0.1, 0.15) is 0 Å². The van der Waals surface area contributed by atoms with E-state index in [0.717, 1.165) is 0 Å². The molecule has 0 fully saturated rings. The van der Waals surface area contributed by atoms with Crippen LogP contribution in [0.1, 0.15) is 38.3 Å². The Morgan fingerprint density at radius 2 is 1.89 bits per heavy atom. The van der Waals surface area contributed by atoms with Gasteiger partial charge in [0.05, 0.1) is 12.5 Å². The average Bonchev–Trinajstić information content (AvgIpc) is 2.26. The van der Waals surface area contributed by atoms with Crippen LogP contribution in [-0.4, -0.2) is 17.0 Å². The SMILES string of the molecule is CC(C)CC(=O)N[C@@H](CC(=O)O)c1ccccc1Cl. The Bertz CT molecular complexity index is 460. The van der Waals surface area contributed by atoms with Crippen molar-refractivity contribution in [1.82, 2.24) is 5.32 Å². The number of rotatable bonds is 6. The first-order chi connectivity index (χ1) is 8.90. The summed E-state index contributed by atoms with van der Waals surface area (Å²) < 4.78 is 0. The number of halogens is 1. The highest BCUT2D eigenvalue weighted by atomic mass is 35.5. The van der Waals surface area contributed by atoms with Gasteiger partial charge in [-0.05, 0) is 17.5 Å². The maximum absolute atomic E-state index is 11.8. The highest BCUT2D eigenvalue weighted by molar-refractivity contribution is 6.31. The summed E-state index contributed by atoms with van der Waals surface area (Å²) in [5.41, 5.74) is 0.628. The molecule has 0 aliphatic carbocycles. The van der Waals surface area contributed by atoms with Crippen LogP contribution in [0.3, 0.4) is 0 Å². The van der Waals surface area contributed by atoms with Gasteiger partial charge in [-0.1, -0.05) is 43.6 Å². The van der Waals surface area contributed by atoms with Crippen LogP contribution in [0, 0.1) is 5.92 Å². The van der Waals surface area contributed by atoms with Crippen LogP contribution in [0.15, 0.2) is 24.3 Å². The Hall–Kier alpha value is -1.55. The molecule has 1 amide bonds. The molecule has 1 aromatic rings. The van der Waals surface area contributed by atoms with Crippen molar-refractivity contribution < 1.29 is 14.7 Å². The summed E-state index contributed by atoms with van der Waals surface area (Å²) in [4.78, 5) is 22.7. The van der Waals surface area contributed by atoms with Crippen LogP contribution in [0.25, 0.3) is 0 Å². The monoisotopic (exact) mass is 283 g/mol. The van der Waals surface area contributed by atoms with Crippen molar-refractivity contribution in [3.05, 3.63) is 34.9 Å². The molecule has 104 valence electrons. The summed E-state index contributed by atoms with van der Waals surface area (Å²) in [6, 6.07) is 6.34. The lowest BCUT2D eigenvalue weighted by Crippen LogP contribution is -2.31. The zero-order valence-corrected chi connectivity index (χ0v) is 11.8. The lowest BCUT2D eigenvalue weighted by atomic mass is 10.0. The van der Waals surface area contributed by atoms with E-state index in [9.17, 15) is 9.59 Å². The molecule has 0 radical (unpaired) electrons. The third-order valence-electron chi connectivity index (χ3n) is 2.59. The van der Waals surface area contributed by atoms with E-state index in [1.807, 2.05) is 13.8 Å². The molecular weight excluding hydrogens is 266 g/mol. The van der Waals surface area contributed by atoms with E-state index in [0.29, 0.717) is 17.0 Å². The molecule has 4 nitrogen and oxygen atoms in total. The van der Waals surface area contributed by atoms with Crippen LogP contribution in [0.4, 0.5) is 0 Å². The minimum Gasteiger partial charge on any atom is -0.481 e. The molecule has 0 bridgehead atoms. The summed E-state index contributed by atoms with van der Waals surface area (Å²) in [6.45, 7) is 3.86. The van der Waals surface area contributed by atoms with E-state index in [1.54, 1.807) is 24.3 Å². The standard InChI is InChI=1S/C14H18ClNO3/c1-9(2)7-13(17)16-12(8-14(18)19)10-5-3-4-6-11(10)15/h3-6,9,12H,7-8H2,1-2H3,(H,16,17)(H,18,19)/t12-/m0/s1. The van der Waals surface area contributed by atoms with Gasteiger partial charge in [-0.3, -0.25) is 9.59 Å².